The van der Waals surface area contributed by atoms with E-state index in [1.807, 2.05) is 6.92 Å². The Morgan fingerprint density at radius 1 is 1.41 bits per heavy atom. The van der Waals surface area contributed by atoms with E-state index in [2.05, 4.69) is 0 Å². The lowest BCUT2D eigenvalue weighted by molar-refractivity contribution is -0.128. The molecule has 0 aliphatic heterocycles. The Labute approximate surface area is 101 Å². The lowest BCUT2D eigenvalue weighted by Crippen LogP contribution is -2.21. The fourth-order valence-corrected chi connectivity index (χ4v) is 1.35. The van der Waals surface area contributed by atoms with E-state index in [-0.39, 0.29) is 17.5 Å². The van der Waals surface area contributed by atoms with Crippen LogP contribution in [0.3, 0.4) is 0 Å². The summed E-state index contributed by atoms with van der Waals surface area (Å²) in [4.78, 5) is 12.8. The van der Waals surface area contributed by atoms with E-state index < -0.39 is 0 Å². The number of nitrogens with zero attached hydrogens (tertiary/aromatic N) is 1. The number of aryl methyl sites for hydroxylation is 1. The number of halogens is 1. The van der Waals surface area contributed by atoms with Gasteiger partial charge in [0, 0.05) is 20.5 Å². The second-order valence-corrected chi connectivity index (χ2v) is 4.17. The first-order chi connectivity index (χ1) is 8.00. The topological polar surface area (TPSA) is 29.5 Å². The van der Waals surface area contributed by atoms with Gasteiger partial charge in [-0.05, 0) is 31.0 Å². The maximum Gasteiger partial charge on any atom is 0.222 e. The molecule has 0 saturated heterocycles. The van der Waals surface area contributed by atoms with Crippen LogP contribution in [0.2, 0.25) is 0 Å². The summed E-state index contributed by atoms with van der Waals surface area (Å²) in [7, 11) is 3.42. The van der Waals surface area contributed by atoms with Gasteiger partial charge in [0.05, 0.1) is 6.61 Å². The van der Waals surface area contributed by atoms with Gasteiger partial charge in [0.1, 0.15) is 0 Å². The van der Waals surface area contributed by atoms with Gasteiger partial charge in [-0.15, -0.1) is 0 Å². The third-order valence-electron chi connectivity index (χ3n) is 2.38. The molecule has 0 saturated carbocycles. The summed E-state index contributed by atoms with van der Waals surface area (Å²) < 4.78 is 18.6. The summed E-state index contributed by atoms with van der Waals surface area (Å²) in [6, 6.07) is 4.73. The summed E-state index contributed by atoms with van der Waals surface area (Å²) in [5.74, 6) is -0.0600. The Balaban J connectivity index is 2.36. The Morgan fingerprint density at radius 2 is 2.12 bits per heavy atom. The number of hydrogen-bond donors (Lipinski definition) is 0. The minimum atomic E-state index is -0.366. The molecule has 0 spiro atoms. The third kappa shape index (κ3) is 4.43. The Morgan fingerprint density at radius 3 is 2.76 bits per heavy atom. The number of carbonyl (C=O) groups excluding carboxylic acids is 1. The standard InChI is InChI=1S/C13H18FNO2/c1-10-6-7-11(14)12(9-10)17-8-4-5-13(16)15(2)3/h6-7,9H,4-5,8H2,1-3H3. The highest BCUT2D eigenvalue weighted by molar-refractivity contribution is 5.75. The third-order valence-corrected chi connectivity index (χ3v) is 2.38. The maximum absolute atomic E-state index is 13.3. The van der Waals surface area contributed by atoms with E-state index in [0.717, 1.165) is 5.56 Å². The number of rotatable bonds is 5. The van der Waals surface area contributed by atoms with Crippen molar-refractivity contribution in [1.29, 1.82) is 0 Å². The molecule has 1 rings (SSSR count). The van der Waals surface area contributed by atoms with Crippen LogP contribution in [0, 0.1) is 12.7 Å². The molecule has 0 heterocycles. The molecule has 0 aliphatic rings. The predicted octanol–water partition coefficient (Wildman–Crippen LogP) is 2.38. The number of amides is 1. The fraction of sp³-hybridized carbons (Fsp3) is 0.462. The van der Waals surface area contributed by atoms with Crippen LogP contribution >= 0.6 is 0 Å². The molecule has 3 nitrogen and oxygen atoms in total. The van der Waals surface area contributed by atoms with Crippen LogP contribution in [-0.2, 0) is 4.79 Å². The maximum atomic E-state index is 13.3. The number of carbonyl (C=O) groups is 1. The molecule has 17 heavy (non-hydrogen) atoms. The van der Waals surface area contributed by atoms with Crippen LogP contribution in [-0.4, -0.2) is 31.5 Å². The highest BCUT2D eigenvalue weighted by atomic mass is 19.1. The molecule has 0 N–H and O–H groups in total. The molecule has 0 radical (unpaired) electrons. The van der Waals surface area contributed by atoms with Crippen molar-refractivity contribution in [3.8, 4) is 5.75 Å². The largest absolute Gasteiger partial charge is 0.490 e. The van der Waals surface area contributed by atoms with E-state index in [1.165, 1.54) is 11.0 Å². The number of hydrogen-bond acceptors (Lipinski definition) is 2. The van der Waals surface area contributed by atoms with Gasteiger partial charge in [-0.25, -0.2) is 4.39 Å². The zero-order valence-electron chi connectivity index (χ0n) is 10.5. The van der Waals surface area contributed by atoms with Crippen molar-refractivity contribution in [3.63, 3.8) is 0 Å². The molecule has 0 atom stereocenters. The normalized spacial score (nSPS) is 10.1. The van der Waals surface area contributed by atoms with E-state index in [4.69, 9.17) is 4.74 Å². The van der Waals surface area contributed by atoms with Crippen LogP contribution in [0.25, 0.3) is 0 Å². The second-order valence-electron chi connectivity index (χ2n) is 4.17. The SMILES string of the molecule is Cc1ccc(F)c(OCCCC(=O)N(C)C)c1. The highest BCUT2D eigenvalue weighted by Gasteiger charge is 2.05. The van der Waals surface area contributed by atoms with Crippen molar-refractivity contribution in [2.24, 2.45) is 0 Å². The first kappa shape index (κ1) is 13.5. The molecule has 94 valence electrons. The highest BCUT2D eigenvalue weighted by Crippen LogP contribution is 2.18. The second kappa shape index (κ2) is 6.23. The molecule has 0 fully saturated rings. The molecular weight excluding hydrogens is 221 g/mol. The minimum Gasteiger partial charge on any atom is -0.490 e. The smallest absolute Gasteiger partial charge is 0.222 e. The Hall–Kier alpha value is -1.58. The van der Waals surface area contributed by atoms with Crippen molar-refractivity contribution in [1.82, 2.24) is 4.90 Å². The van der Waals surface area contributed by atoms with E-state index in [0.29, 0.717) is 19.4 Å². The van der Waals surface area contributed by atoms with Crippen molar-refractivity contribution < 1.29 is 13.9 Å². The minimum absolute atomic E-state index is 0.0540. The summed E-state index contributed by atoms with van der Waals surface area (Å²) in [6.45, 7) is 2.22. The zero-order chi connectivity index (χ0) is 12.8. The summed E-state index contributed by atoms with van der Waals surface area (Å²) in [5, 5.41) is 0. The lowest BCUT2D eigenvalue weighted by Gasteiger charge is -2.11. The van der Waals surface area contributed by atoms with Crippen molar-refractivity contribution in [2.45, 2.75) is 19.8 Å². The van der Waals surface area contributed by atoms with Crippen molar-refractivity contribution >= 4 is 5.91 Å². The molecule has 1 aromatic carbocycles. The predicted molar refractivity (Wildman–Crippen MR) is 64.6 cm³/mol. The van der Waals surface area contributed by atoms with E-state index in [9.17, 15) is 9.18 Å². The number of benzene rings is 1. The van der Waals surface area contributed by atoms with Gasteiger partial charge in [-0.2, -0.15) is 0 Å². The first-order valence-corrected chi connectivity index (χ1v) is 5.60. The average Bonchev–Trinajstić information content (AvgIpc) is 2.28. The van der Waals surface area contributed by atoms with Crippen LogP contribution in [0.15, 0.2) is 18.2 Å². The Kier molecular flexibility index (Phi) is 4.94. The van der Waals surface area contributed by atoms with Gasteiger partial charge in [0.25, 0.3) is 0 Å². The number of ether oxygens (including phenoxy) is 1. The fourth-order valence-electron chi connectivity index (χ4n) is 1.35. The van der Waals surface area contributed by atoms with Crippen molar-refractivity contribution in [3.05, 3.63) is 29.6 Å². The van der Waals surface area contributed by atoms with Crippen LogP contribution in [0.4, 0.5) is 4.39 Å². The molecule has 0 aliphatic carbocycles. The molecule has 1 amide bonds. The van der Waals surface area contributed by atoms with Gasteiger partial charge < -0.3 is 9.64 Å². The summed E-state index contributed by atoms with van der Waals surface area (Å²) in [5.41, 5.74) is 0.950. The molecule has 4 heteroatoms. The summed E-state index contributed by atoms with van der Waals surface area (Å²) >= 11 is 0. The van der Waals surface area contributed by atoms with Crippen molar-refractivity contribution in [2.75, 3.05) is 20.7 Å². The zero-order valence-corrected chi connectivity index (χ0v) is 10.5. The van der Waals surface area contributed by atoms with Crippen LogP contribution in [0.5, 0.6) is 5.75 Å². The monoisotopic (exact) mass is 239 g/mol. The average molecular weight is 239 g/mol. The van der Waals surface area contributed by atoms with E-state index >= 15 is 0 Å². The van der Waals surface area contributed by atoms with Crippen LogP contribution < -0.4 is 4.74 Å². The molecule has 0 unspecified atom stereocenters. The van der Waals surface area contributed by atoms with Crippen LogP contribution in [0.1, 0.15) is 18.4 Å². The first-order valence-electron chi connectivity index (χ1n) is 5.60. The quantitative estimate of drug-likeness (QED) is 0.738. The molecule has 1 aromatic rings. The molecule has 0 bridgehead atoms. The summed E-state index contributed by atoms with van der Waals surface area (Å²) in [6.07, 6.45) is 1.00. The molecule has 0 aromatic heterocycles. The van der Waals surface area contributed by atoms with Gasteiger partial charge in [0.2, 0.25) is 5.91 Å². The lowest BCUT2D eigenvalue weighted by atomic mass is 10.2. The van der Waals surface area contributed by atoms with E-state index in [1.54, 1.807) is 26.2 Å². The van der Waals surface area contributed by atoms with Gasteiger partial charge in [-0.1, -0.05) is 6.07 Å². The van der Waals surface area contributed by atoms with Gasteiger partial charge >= 0.3 is 0 Å². The van der Waals surface area contributed by atoms with Gasteiger partial charge in [0.15, 0.2) is 11.6 Å². The van der Waals surface area contributed by atoms with Gasteiger partial charge in [-0.3, -0.25) is 4.79 Å². The molecular formula is C13H18FNO2. The Bertz CT molecular complexity index is 391.